The Hall–Kier alpha value is 0.300. The van der Waals surface area contributed by atoms with E-state index in [4.69, 9.17) is 16.3 Å². The van der Waals surface area contributed by atoms with Crippen LogP contribution in [0.15, 0.2) is 15.4 Å². The minimum absolute atomic E-state index is 0. The van der Waals surface area contributed by atoms with Crippen molar-refractivity contribution in [3.05, 3.63) is 25.7 Å². The van der Waals surface area contributed by atoms with E-state index in [1.165, 1.54) is 7.11 Å². The second-order valence-electron chi connectivity index (χ2n) is 2.54. The third-order valence-electron chi connectivity index (χ3n) is 1.68. The van der Waals surface area contributed by atoms with Crippen molar-refractivity contribution in [1.82, 2.24) is 0 Å². The summed E-state index contributed by atoms with van der Waals surface area (Å²) in [6, 6.07) is 1.07. The monoisotopic (exact) mass is 351 g/mol. The van der Waals surface area contributed by atoms with Crippen molar-refractivity contribution in [3.63, 3.8) is 0 Å². The first kappa shape index (κ1) is 17.3. The molecule has 10 heteroatoms. The van der Waals surface area contributed by atoms with Crippen molar-refractivity contribution in [1.29, 1.82) is 0 Å². The number of hydrogen-bond donors (Lipinski definition) is 0. The van der Waals surface area contributed by atoms with E-state index in [0.29, 0.717) is 0 Å². The summed E-state index contributed by atoms with van der Waals surface area (Å²) in [7, 11) is 1.20. The molecule has 1 aromatic carbocycles. The molecule has 0 spiro atoms. The molecule has 0 aliphatic heterocycles. The van der Waals surface area contributed by atoms with E-state index in [9.17, 15) is 18.9 Å². The van der Waals surface area contributed by atoms with Gasteiger partial charge in [-0.25, -0.2) is 0 Å². The van der Waals surface area contributed by atoms with Crippen molar-refractivity contribution in [2.75, 3.05) is 7.11 Å². The smallest absolute Gasteiger partial charge is 0.768 e. The molecule has 88 valence electrons. The molecule has 0 saturated heterocycles. The first-order valence-corrected chi connectivity index (χ1v) is 5.94. The second kappa shape index (κ2) is 7.03. The fourth-order valence-corrected chi connectivity index (χ4v) is 2.69. The van der Waals surface area contributed by atoms with Gasteiger partial charge in [-0.15, -0.1) is 0 Å². The first-order valence-electron chi connectivity index (χ1n) is 3.69. The Labute approximate surface area is 135 Å². The molecule has 1 aromatic rings. The Morgan fingerprint density at radius 1 is 1.59 bits per heavy atom. The van der Waals surface area contributed by atoms with Crippen molar-refractivity contribution in [2.24, 2.45) is 0 Å². The number of ether oxygens (including phenoxy) is 1. The maximum Gasteiger partial charge on any atom is 1.00 e. The van der Waals surface area contributed by atoms with E-state index in [2.05, 4.69) is 15.9 Å². The van der Waals surface area contributed by atoms with Gasteiger partial charge in [0.2, 0.25) is 5.75 Å². The molecule has 0 amide bonds. The third-order valence-corrected chi connectivity index (χ3v) is 3.71. The van der Waals surface area contributed by atoms with Crippen LogP contribution in [0, 0.1) is 10.1 Å². The van der Waals surface area contributed by atoms with Gasteiger partial charge in [-0.2, -0.15) is 0 Å². The Bertz CT molecular complexity index is 486. The molecule has 0 saturated carbocycles. The van der Waals surface area contributed by atoms with Gasteiger partial charge >= 0.3 is 35.2 Å². The zero-order valence-corrected chi connectivity index (χ0v) is 13.9. The van der Waals surface area contributed by atoms with E-state index < -0.39 is 21.7 Å². The average molecular weight is 353 g/mol. The Kier molecular flexibility index (Phi) is 7.15. The number of nitrogens with zero attached hydrogens (tertiary/aromatic N) is 1. The van der Waals surface area contributed by atoms with Crippen LogP contribution in [-0.2, 0) is 11.1 Å². The van der Waals surface area contributed by atoms with Crippen molar-refractivity contribution < 1.29 is 48.0 Å². The van der Waals surface area contributed by atoms with Gasteiger partial charge in [-0.05, 0) is 33.1 Å². The summed E-state index contributed by atoms with van der Waals surface area (Å²) in [5.41, 5.74) is -0.519. The number of nitro benzene ring substituents is 1. The van der Waals surface area contributed by atoms with Crippen LogP contribution in [0.4, 0.5) is 5.69 Å². The average Bonchev–Trinajstić information content (AvgIpc) is 2.19. The molecule has 0 N–H and O–H groups in total. The predicted molar refractivity (Wildman–Crippen MR) is 59.5 cm³/mol. The molecule has 0 bridgehead atoms. The first-order chi connectivity index (χ1) is 7.40. The Balaban J connectivity index is 0.00000256. The maximum atomic E-state index is 10.8. The Morgan fingerprint density at radius 2 is 2.12 bits per heavy atom. The number of benzene rings is 1. The molecule has 0 fully saturated rings. The second-order valence-corrected chi connectivity index (χ2v) is 4.65. The number of rotatable bonds is 3. The molecule has 0 heterocycles. The fourth-order valence-electron chi connectivity index (χ4n) is 1.05. The standard InChI is InChI=1S/C7H5BrClNO5S.Na/c1-15-7-3(9)2-4(16(13)14)5(8)6(7)10(11)12;/h2H,1H3,(H,13,14);/q;+1/p-1. The largest absolute Gasteiger partial charge is 1.00 e. The summed E-state index contributed by atoms with van der Waals surface area (Å²) in [5.74, 6) is -0.187. The molecule has 0 aliphatic carbocycles. The van der Waals surface area contributed by atoms with Crippen LogP contribution in [0.2, 0.25) is 5.02 Å². The molecule has 1 rings (SSSR count). The topological polar surface area (TPSA) is 92.5 Å². The van der Waals surface area contributed by atoms with Crippen LogP contribution in [-0.4, -0.2) is 20.8 Å². The summed E-state index contributed by atoms with van der Waals surface area (Å²) in [4.78, 5) is 9.70. The molecule has 17 heavy (non-hydrogen) atoms. The number of methoxy groups -OCH3 is 1. The van der Waals surface area contributed by atoms with E-state index in [1.807, 2.05) is 0 Å². The molecular formula is C7H4BrClNNaO5S. The Morgan fingerprint density at radius 3 is 2.47 bits per heavy atom. The van der Waals surface area contributed by atoms with Gasteiger partial charge < -0.3 is 9.29 Å². The molecule has 0 radical (unpaired) electrons. The van der Waals surface area contributed by atoms with Crippen LogP contribution in [0.25, 0.3) is 0 Å². The summed E-state index contributed by atoms with van der Waals surface area (Å²) in [6.07, 6.45) is 0. The van der Waals surface area contributed by atoms with Crippen molar-refractivity contribution in [2.45, 2.75) is 4.90 Å². The number of hydrogen-bond acceptors (Lipinski definition) is 5. The minimum atomic E-state index is -2.63. The zero-order valence-electron chi connectivity index (χ0n) is 8.73. The van der Waals surface area contributed by atoms with Crippen LogP contribution in [0.3, 0.4) is 0 Å². The SMILES string of the molecule is COc1c(Cl)cc(S(=O)[O-])c(Br)c1[N+](=O)[O-].[Na+]. The quantitative estimate of drug-likeness (QED) is 0.309. The van der Waals surface area contributed by atoms with Gasteiger partial charge in [0, 0.05) is 4.90 Å². The summed E-state index contributed by atoms with van der Waals surface area (Å²) < 4.78 is 26.2. The molecule has 1 atom stereocenters. The normalized spacial score (nSPS) is 11.5. The van der Waals surface area contributed by atoms with Gasteiger partial charge in [-0.3, -0.25) is 14.3 Å². The van der Waals surface area contributed by atoms with Crippen LogP contribution in [0.1, 0.15) is 0 Å². The van der Waals surface area contributed by atoms with Gasteiger partial charge in [0.25, 0.3) is 0 Å². The van der Waals surface area contributed by atoms with E-state index in [0.717, 1.165) is 6.07 Å². The zero-order chi connectivity index (χ0) is 12.5. The minimum Gasteiger partial charge on any atom is -0.768 e. The van der Waals surface area contributed by atoms with Gasteiger partial charge in [0.05, 0.1) is 17.1 Å². The summed E-state index contributed by atoms with van der Waals surface area (Å²) in [6.45, 7) is 0. The van der Waals surface area contributed by atoms with Crippen LogP contribution >= 0.6 is 27.5 Å². The van der Waals surface area contributed by atoms with Crippen molar-refractivity contribution >= 4 is 44.3 Å². The molecule has 0 aromatic heterocycles. The van der Waals surface area contributed by atoms with Gasteiger partial charge in [0.1, 0.15) is 4.47 Å². The van der Waals surface area contributed by atoms with Gasteiger partial charge in [0.15, 0.2) is 0 Å². The van der Waals surface area contributed by atoms with Gasteiger partial charge in [-0.1, -0.05) is 11.6 Å². The van der Waals surface area contributed by atoms with E-state index in [1.54, 1.807) is 0 Å². The fraction of sp³-hybridized carbons (Fsp3) is 0.143. The molecule has 0 aliphatic rings. The van der Waals surface area contributed by atoms with E-state index in [-0.39, 0.29) is 49.7 Å². The summed E-state index contributed by atoms with van der Waals surface area (Å²) in [5, 5.41) is 10.6. The van der Waals surface area contributed by atoms with Crippen LogP contribution in [0.5, 0.6) is 5.75 Å². The summed E-state index contributed by atoms with van der Waals surface area (Å²) >= 11 is 5.88. The van der Waals surface area contributed by atoms with E-state index >= 15 is 0 Å². The van der Waals surface area contributed by atoms with Crippen molar-refractivity contribution in [3.8, 4) is 5.75 Å². The number of nitro groups is 1. The van der Waals surface area contributed by atoms with Crippen LogP contribution < -0.4 is 34.3 Å². The molecule has 6 nitrogen and oxygen atoms in total. The maximum absolute atomic E-state index is 10.8. The predicted octanol–water partition coefficient (Wildman–Crippen LogP) is -0.739. The third kappa shape index (κ3) is 3.63. The number of halogens is 2. The molecule has 1 unspecified atom stereocenters. The molecular weight excluding hydrogens is 348 g/mol.